The quantitative estimate of drug-likeness (QED) is 0.600. The number of nitrogens with one attached hydrogen (secondary N) is 1. The number of nitro benzene ring substituents is 1. The minimum Gasteiger partial charge on any atom is -0.394 e. The van der Waals surface area contributed by atoms with E-state index >= 15 is 0 Å². The molecule has 0 radical (unpaired) electrons. The molecule has 1 rings (SSSR count). The summed E-state index contributed by atoms with van der Waals surface area (Å²) in [6.07, 6.45) is 0. The van der Waals surface area contributed by atoms with E-state index in [4.69, 9.17) is 21.4 Å². The molecule has 7 nitrogen and oxygen atoms in total. The molecule has 0 aromatic heterocycles. The van der Waals surface area contributed by atoms with Crippen LogP contribution in [0, 0.1) is 10.1 Å². The third-order valence-corrected chi connectivity index (χ3v) is 2.65. The SMILES string of the molecule is COCC(CO)NC(=O)c1c(Cl)cccc1[N+](=O)[O-]. The number of rotatable bonds is 6. The van der Waals surface area contributed by atoms with Gasteiger partial charge in [-0.1, -0.05) is 17.7 Å². The minimum absolute atomic E-state index is 0.0270. The van der Waals surface area contributed by atoms with Crippen LogP contribution in [-0.2, 0) is 4.74 Å². The number of aliphatic hydroxyl groups excluding tert-OH is 1. The molecular formula is C11H13ClN2O5. The predicted octanol–water partition coefficient (Wildman–Crippen LogP) is 0.985. The number of carbonyl (C=O) groups excluding carboxylic acids is 1. The maximum absolute atomic E-state index is 12.0. The molecular weight excluding hydrogens is 276 g/mol. The van der Waals surface area contributed by atoms with Crippen molar-refractivity contribution >= 4 is 23.2 Å². The highest BCUT2D eigenvalue weighted by molar-refractivity contribution is 6.34. The second kappa shape index (κ2) is 7.03. The van der Waals surface area contributed by atoms with Gasteiger partial charge in [-0.3, -0.25) is 14.9 Å². The van der Waals surface area contributed by atoms with Crippen molar-refractivity contribution in [2.45, 2.75) is 6.04 Å². The summed E-state index contributed by atoms with van der Waals surface area (Å²) in [6.45, 7) is -0.266. The van der Waals surface area contributed by atoms with Crippen molar-refractivity contribution in [2.75, 3.05) is 20.3 Å². The number of aliphatic hydroxyl groups is 1. The van der Waals surface area contributed by atoms with Gasteiger partial charge in [0.2, 0.25) is 0 Å². The highest BCUT2D eigenvalue weighted by atomic mass is 35.5. The van der Waals surface area contributed by atoms with E-state index in [9.17, 15) is 14.9 Å². The second-order valence-corrected chi connectivity index (χ2v) is 4.11. The van der Waals surface area contributed by atoms with E-state index in [1.54, 1.807) is 0 Å². The number of nitrogens with zero attached hydrogens (tertiary/aromatic N) is 1. The fourth-order valence-corrected chi connectivity index (χ4v) is 1.74. The van der Waals surface area contributed by atoms with Crippen LogP contribution in [0.2, 0.25) is 5.02 Å². The van der Waals surface area contributed by atoms with Gasteiger partial charge in [0.15, 0.2) is 0 Å². The third kappa shape index (κ3) is 3.88. The van der Waals surface area contributed by atoms with Crippen molar-refractivity contribution in [2.24, 2.45) is 0 Å². The number of benzene rings is 1. The summed E-state index contributed by atoms with van der Waals surface area (Å²) in [4.78, 5) is 22.1. The number of hydrogen-bond acceptors (Lipinski definition) is 5. The zero-order chi connectivity index (χ0) is 14.4. The third-order valence-electron chi connectivity index (χ3n) is 2.34. The van der Waals surface area contributed by atoms with Gasteiger partial charge in [0.25, 0.3) is 11.6 Å². The van der Waals surface area contributed by atoms with Crippen LogP contribution >= 0.6 is 11.6 Å². The molecule has 0 spiro atoms. The van der Waals surface area contributed by atoms with Gasteiger partial charge in [0.05, 0.1) is 29.2 Å². The molecule has 19 heavy (non-hydrogen) atoms. The monoisotopic (exact) mass is 288 g/mol. The van der Waals surface area contributed by atoms with Crippen molar-refractivity contribution in [3.8, 4) is 0 Å². The van der Waals surface area contributed by atoms with E-state index in [0.717, 1.165) is 0 Å². The maximum atomic E-state index is 12.0. The van der Waals surface area contributed by atoms with Crippen LogP contribution in [0.3, 0.4) is 0 Å². The van der Waals surface area contributed by atoms with Gasteiger partial charge in [-0.15, -0.1) is 0 Å². The average molecular weight is 289 g/mol. The Morgan fingerprint density at radius 1 is 1.63 bits per heavy atom. The topological polar surface area (TPSA) is 102 Å². The first kappa shape index (κ1) is 15.4. The molecule has 0 heterocycles. The van der Waals surface area contributed by atoms with Crippen LogP contribution in [0.1, 0.15) is 10.4 Å². The molecule has 104 valence electrons. The van der Waals surface area contributed by atoms with Gasteiger partial charge in [-0.2, -0.15) is 0 Å². The summed E-state index contributed by atoms with van der Waals surface area (Å²) >= 11 is 5.81. The molecule has 0 fully saturated rings. The highest BCUT2D eigenvalue weighted by Gasteiger charge is 2.24. The second-order valence-electron chi connectivity index (χ2n) is 3.70. The Balaban J connectivity index is 3.02. The molecule has 8 heteroatoms. The number of methoxy groups -OCH3 is 1. The van der Waals surface area contributed by atoms with E-state index < -0.39 is 16.9 Å². The first-order valence-electron chi connectivity index (χ1n) is 5.34. The van der Waals surface area contributed by atoms with Crippen LogP contribution in [0.4, 0.5) is 5.69 Å². The lowest BCUT2D eigenvalue weighted by atomic mass is 10.1. The largest absolute Gasteiger partial charge is 0.394 e. The first-order valence-corrected chi connectivity index (χ1v) is 5.72. The number of halogens is 1. The average Bonchev–Trinajstić information content (AvgIpc) is 2.37. The van der Waals surface area contributed by atoms with E-state index in [0.29, 0.717) is 0 Å². The molecule has 1 aromatic rings. The first-order chi connectivity index (χ1) is 9.01. The Morgan fingerprint density at radius 3 is 2.84 bits per heavy atom. The lowest BCUT2D eigenvalue weighted by Crippen LogP contribution is -2.40. The standard InChI is InChI=1S/C11H13ClN2O5/c1-19-6-7(5-15)13-11(16)10-8(12)3-2-4-9(10)14(17)18/h2-4,7,15H,5-6H2,1H3,(H,13,16). The van der Waals surface area contributed by atoms with Crippen LogP contribution in [0.25, 0.3) is 0 Å². The van der Waals surface area contributed by atoms with E-state index in [1.807, 2.05) is 0 Å². The molecule has 1 amide bonds. The summed E-state index contributed by atoms with van der Waals surface area (Å²) in [5.74, 6) is -0.728. The lowest BCUT2D eigenvalue weighted by molar-refractivity contribution is -0.385. The molecule has 0 saturated carbocycles. The van der Waals surface area contributed by atoms with E-state index in [2.05, 4.69) is 5.32 Å². The Bertz CT molecular complexity index is 480. The molecule has 0 aliphatic rings. The Hall–Kier alpha value is -1.70. The summed E-state index contributed by atoms with van der Waals surface area (Å²) in [5.41, 5.74) is -0.622. The summed E-state index contributed by atoms with van der Waals surface area (Å²) in [7, 11) is 1.41. The van der Waals surface area contributed by atoms with Crippen molar-refractivity contribution in [1.29, 1.82) is 0 Å². The molecule has 1 unspecified atom stereocenters. The molecule has 1 atom stereocenters. The van der Waals surface area contributed by atoms with Gasteiger partial charge in [-0.25, -0.2) is 0 Å². The fourth-order valence-electron chi connectivity index (χ4n) is 1.49. The van der Waals surface area contributed by atoms with Crippen molar-refractivity contribution in [1.82, 2.24) is 5.32 Å². The Morgan fingerprint density at radius 2 is 2.32 bits per heavy atom. The van der Waals surface area contributed by atoms with E-state index in [-0.39, 0.29) is 29.5 Å². The van der Waals surface area contributed by atoms with Gasteiger partial charge in [-0.05, 0) is 6.07 Å². The molecule has 0 aliphatic carbocycles. The van der Waals surface area contributed by atoms with Crippen LogP contribution in [0.15, 0.2) is 18.2 Å². The van der Waals surface area contributed by atoms with Crippen molar-refractivity contribution < 1.29 is 19.6 Å². The molecule has 1 aromatic carbocycles. The Kier molecular flexibility index (Phi) is 5.68. The summed E-state index contributed by atoms with van der Waals surface area (Å²) in [5, 5.41) is 22.3. The number of ether oxygens (including phenoxy) is 1. The number of hydrogen-bond donors (Lipinski definition) is 2. The lowest BCUT2D eigenvalue weighted by Gasteiger charge is -2.15. The van der Waals surface area contributed by atoms with Crippen LogP contribution in [-0.4, -0.2) is 42.3 Å². The number of carbonyl (C=O) groups is 1. The highest BCUT2D eigenvalue weighted by Crippen LogP contribution is 2.26. The van der Waals surface area contributed by atoms with Crippen LogP contribution in [0.5, 0.6) is 0 Å². The van der Waals surface area contributed by atoms with Gasteiger partial charge in [0.1, 0.15) is 5.56 Å². The molecule has 0 aliphatic heterocycles. The smallest absolute Gasteiger partial charge is 0.283 e. The molecule has 0 saturated heterocycles. The van der Waals surface area contributed by atoms with Crippen molar-refractivity contribution in [3.05, 3.63) is 38.9 Å². The molecule has 0 bridgehead atoms. The van der Waals surface area contributed by atoms with Gasteiger partial charge in [0, 0.05) is 13.2 Å². The minimum atomic E-state index is -0.728. The van der Waals surface area contributed by atoms with Crippen molar-refractivity contribution in [3.63, 3.8) is 0 Å². The summed E-state index contributed by atoms with van der Waals surface area (Å²) in [6, 6.07) is 3.29. The predicted molar refractivity (Wildman–Crippen MR) is 68.3 cm³/mol. The number of amides is 1. The Labute approximate surface area is 114 Å². The van der Waals surface area contributed by atoms with E-state index in [1.165, 1.54) is 25.3 Å². The van der Waals surface area contributed by atoms with Crippen LogP contribution < -0.4 is 5.32 Å². The maximum Gasteiger partial charge on any atom is 0.283 e. The number of nitro groups is 1. The zero-order valence-electron chi connectivity index (χ0n) is 10.1. The normalized spacial score (nSPS) is 11.9. The summed E-state index contributed by atoms with van der Waals surface area (Å²) < 4.78 is 4.80. The molecule has 2 N–H and O–H groups in total. The van der Waals surface area contributed by atoms with Gasteiger partial charge < -0.3 is 15.2 Å². The fraction of sp³-hybridized carbons (Fsp3) is 0.364. The van der Waals surface area contributed by atoms with Gasteiger partial charge >= 0.3 is 0 Å². The zero-order valence-corrected chi connectivity index (χ0v) is 10.9.